The molecule has 192 valence electrons. The van der Waals surface area contributed by atoms with Gasteiger partial charge in [0.15, 0.2) is 14.5 Å². The minimum absolute atomic E-state index is 0.0146. The van der Waals surface area contributed by atoms with E-state index < -0.39 is 50.3 Å². The van der Waals surface area contributed by atoms with Crippen molar-refractivity contribution in [3.63, 3.8) is 0 Å². The number of nitriles is 1. The topological polar surface area (TPSA) is 144 Å². The molecule has 11 heteroatoms. The summed E-state index contributed by atoms with van der Waals surface area (Å²) in [6, 6.07) is 3.49. The molecule has 4 atom stereocenters. The van der Waals surface area contributed by atoms with Crippen molar-refractivity contribution in [1.29, 1.82) is 5.26 Å². The maximum atomic E-state index is 12.8. The van der Waals surface area contributed by atoms with Crippen molar-refractivity contribution >= 4 is 22.2 Å². The van der Waals surface area contributed by atoms with Crippen molar-refractivity contribution in [2.24, 2.45) is 0 Å². The maximum Gasteiger partial charge on any atom is 0.351 e. The third kappa shape index (κ3) is 4.40. The minimum Gasteiger partial charge on any atom is -0.414 e. The Hall–Kier alpha value is -1.56. The van der Waals surface area contributed by atoms with Gasteiger partial charge in [0.25, 0.3) is 0 Å². The van der Waals surface area contributed by atoms with E-state index >= 15 is 0 Å². The Bertz CT molecular complexity index is 1010. The van der Waals surface area contributed by atoms with Gasteiger partial charge in [-0.1, -0.05) is 54.6 Å². The second kappa shape index (κ2) is 8.83. The number of rotatable bonds is 6. The van der Waals surface area contributed by atoms with Crippen LogP contribution < -0.4 is 11.4 Å². The molecule has 0 amide bonds. The molecule has 1 aliphatic rings. The molecule has 0 aliphatic carbocycles. The molecule has 4 N–H and O–H groups in total. The summed E-state index contributed by atoms with van der Waals surface area (Å²) in [5.41, 5.74) is 3.01. The first-order valence-electron chi connectivity index (χ1n) is 11.6. The maximum absolute atomic E-state index is 12.8. The summed E-state index contributed by atoms with van der Waals surface area (Å²) in [6.07, 6.45) is -1.26. The second-order valence-corrected chi connectivity index (χ2v) is 22.8. The smallest absolute Gasteiger partial charge is 0.351 e. The Morgan fingerprint density at radius 2 is 1.76 bits per heavy atom. The van der Waals surface area contributed by atoms with Crippen LogP contribution in [0.15, 0.2) is 17.1 Å². The number of nitrogen functional groups attached to an aromatic ring is 1. The van der Waals surface area contributed by atoms with Gasteiger partial charge in [0.1, 0.15) is 30.8 Å². The predicted molar refractivity (Wildman–Crippen MR) is 137 cm³/mol. The number of nitrogens with zero attached hydrogens (tertiary/aromatic N) is 3. The Balaban J connectivity index is 2.75. The quantitative estimate of drug-likeness (QED) is 0.495. The van der Waals surface area contributed by atoms with E-state index in [1.807, 2.05) is 39.9 Å². The fraction of sp³-hybridized carbons (Fsp3) is 0.783. The molecule has 1 aromatic heterocycles. The first-order valence-corrected chi connectivity index (χ1v) is 17.5. The monoisotopic (exact) mass is 510 g/mol. The Kier molecular flexibility index (Phi) is 7.45. The lowest BCUT2D eigenvalue weighted by Crippen LogP contribution is -2.74. The first-order chi connectivity index (χ1) is 15.2. The summed E-state index contributed by atoms with van der Waals surface area (Å²) >= 11 is 0. The summed E-state index contributed by atoms with van der Waals surface area (Å²) in [5, 5.41) is 32.0. The Labute approximate surface area is 205 Å². The number of ether oxygens (including phenoxy) is 1. The first kappa shape index (κ1) is 28.7. The summed E-state index contributed by atoms with van der Waals surface area (Å²) in [7, 11) is -5.19. The highest BCUT2D eigenvalue weighted by molar-refractivity contribution is 6.83. The van der Waals surface area contributed by atoms with Crippen LogP contribution in [0.5, 0.6) is 0 Å². The highest BCUT2D eigenvalue weighted by Gasteiger charge is 2.74. The number of hydrogen-bond donors (Lipinski definition) is 3. The van der Waals surface area contributed by atoms with E-state index in [1.54, 1.807) is 0 Å². The van der Waals surface area contributed by atoms with Crippen molar-refractivity contribution < 1.29 is 19.4 Å². The van der Waals surface area contributed by atoms with E-state index in [1.165, 1.54) is 16.8 Å². The average Bonchev–Trinajstić information content (AvgIpc) is 2.87. The van der Waals surface area contributed by atoms with Gasteiger partial charge in [-0.25, -0.2) is 4.79 Å². The van der Waals surface area contributed by atoms with Crippen LogP contribution in [0.1, 0.15) is 54.2 Å². The van der Waals surface area contributed by atoms with Gasteiger partial charge in [-0.15, -0.1) is 0 Å². The van der Waals surface area contributed by atoms with Gasteiger partial charge >= 0.3 is 5.69 Å². The van der Waals surface area contributed by atoms with Crippen molar-refractivity contribution in [2.75, 3.05) is 12.3 Å². The lowest BCUT2D eigenvalue weighted by Gasteiger charge is -2.54. The number of anilines is 1. The van der Waals surface area contributed by atoms with Crippen molar-refractivity contribution in [3.05, 3.63) is 22.7 Å². The van der Waals surface area contributed by atoms with Crippen molar-refractivity contribution in [3.8, 4) is 6.07 Å². The van der Waals surface area contributed by atoms with Gasteiger partial charge in [-0.3, -0.25) is 4.57 Å². The molecule has 0 unspecified atom stereocenters. The van der Waals surface area contributed by atoms with Gasteiger partial charge in [0.05, 0.1) is 19.1 Å². The zero-order chi connectivity index (χ0) is 26.5. The van der Waals surface area contributed by atoms with Crippen LogP contribution in [0.3, 0.4) is 0 Å². The number of aromatic nitrogens is 2. The van der Waals surface area contributed by atoms with Crippen LogP contribution in [0, 0.1) is 11.3 Å². The molecule has 2 rings (SSSR count). The van der Waals surface area contributed by atoms with Crippen LogP contribution in [0.2, 0.25) is 36.3 Å². The standard InChI is InChI=1S/C23H42N4O5Si2/c1-20(2,3)33(7,8)23(30)18(27-14-11-17(25)26-19(27)28)32-16(22(23,29)12-13-24)15-31-34(9,10)21(4,5)6/h11,14,16,18,29-30H,12,15H2,1-10H3,(H2,25,26,28)/t16-,18-,22-,23-/m1/s1. The zero-order valence-electron chi connectivity index (χ0n) is 22.3. The second-order valence-electron chi connectivity index (χ2n) is 12.5. The van der Waals surface area contributed by atoms with E-state index in [4.69, 9.17) is 14.9 Å². The predicted octanol–water partition coefficient (Wildman–Crippen LogP) is 3.17. The molecule has 9 nitrogen and oxygen atoms in total. The third-order valence-electron chi connectivity index (χ3n) is 8.53. The molecule has 1 aliphatic heterocycles. The Morgan fingerprint density at radius 3 is 2.21 bits per heavy atom. The molecule has 1 fully saturated rings. The largest absolute Gasteiger partial charge is 0.414 e. The van der Waals surface area contributed by atoms with Crippen LogP contribution in [0.4, 0.5) is 5.82 Å². The molecule has 1 saturated heterocycles. The van der Waals surface area contributed by atoms with E-state index in [9.17, 15) is 20.3 Å². The SMILES string of the molecule is CC(C)(C)[Si](C)(C)OC[C@H]1O[C@@H](n2ccc(N)nc2=O)[C@@](O)([Si](C)(C)C(C)(C)C)[C@@]1(O)CC#N. The van der Waals surface area contributed by atoms with Gasteiger partial charge in [0, 0.05) is 6.20 Å². The normalized spacial score (nSPS) is 28.7. The van der Waals surface area contributed by atoms with Gasteiger partial charge < -0.3 is 25.1 Å². The van der Waals surface area contributed by atoms with Crippen LogP contribution in [-0.4, -0.2) is 59.7 Å². The van der Waals surface area contributed by atoms with Gasteiger partial charge in [-0.2, -0.15) is 10.2 Å². The highest BCUT2D eigenvalue weighted by Crippen LogP contribution is 2.58. The van der Waals surface area contributed by atoms with Crippen molar-refractivity contribution in [2.45, 2.75) is 107 Å². The molecule has 0 radical (unpaired) electrons. The molecule has 0 saturated carbocycles. The molecule has 34 heavy (non-hydrogen) atoms. The molecular formula is C23H42N4O5Si2. The highest BCUT2D eigenvalue weighted by atomic mass is 28.4. The number of nitrogens with two attached hydrogens (primary N) is 1. The van der Waals surface area contributed by atoms with Crippen molar-refractivity contribution in [1.82, 2.24) is 9.55 Å². The lowest BCUT2D eigenvalue weighted by molar-refractivity contribution is -0.112. The van der Waals surface area contributed by atoms with Gasteiger partial charge in [-0.05, 0) is 29.2 Å². The molecule has 2 heterocycles. The summed E-state index contributed by atoms with van der Waals surface area (Å²) in [6.45, 7) is 20.3. The zero-order valence-corrected chi connectivity index (χ0v) is 24.3. The molecule has 1 aromatic rings. The van der Waals surface area contributed by atoms with Crippen LogP contribution >= 0.6 is 0 Å². The van der Waals surface area contributed by atoms with E-state index in [2.05, 4.69) is 38.8 Å². The lowest BCUT2D eigenvalue weighted by atomic mass is 9.88. The summed E-state index contributed by atoms with van der Waals surface area (Å²) in [4.78, 5) is 16.6. The molecule has 0 aromatic carbocycles. The van der Waals surface area contributed by atoms with Crippen LogP contribution in [0.25, 0.3) is 0 Å². The van der Waals surface area contributed by atoms with Gasteiger partial charge in [0.2, 0.25) is 0 Å². The number of hydrogen-bond acceptors (Lipinski definition) is 8. The summed E-state index contributed by atoms with van der Waals surface area (Å²) in [5.74, 6) is 0.0419. The number of aliphatic hydroxyl groups is 2. The van der Waals surface area contributed by atoms with Crippen LogP contribution in [-0.2, 0) is 9.16 Å². The van der Waals surface area contributed by atoms with E-state index in [0.29, 0.717) is 0 Å². The third-order valence-corrected chi connectivity index (χ3v) is 19.4. The Morgan fingerprint density at radius 1 is 1.21 bits per heavy atom. The molecule has 0 bridgehead atoms. The molecular weight excluding hydrogens is 468 g/mol. The van der Waals surface area contributed by atoms with E-state index in [0.717, 1.165) is 0 Å². The molecule has 0 spiro atoms. The fourth-order valence-electron chi connectivity index (χ4n) is 4.17. The fourth-order valence-corrected chi connectivity index (χ4v) is 8.47. The summed E-state index contributed by atoms with van der Waals surface area (Å²) < 4.78 is 13.8. The average molecular weight is 511 g/mol. The van der Waals surface area contributed by atoms with E-state index in [-0.39, 0.29) is 23.9 Å². The minimum atomic E-state index is -2.94.